The molecule has 0 saturated carbocycles. The van der Waals surface area contributed by atoms with Gasteiger partial charge in [0.2, 0.25) is 0 Å². The van der Waals surface area contributed by atoms with E-state index >= 15 is 0 Å². The van der Waals surface area contributed by atoms with Crippen LogP contribution in [0.25, 0.3) is 0 Å². The number of ketones is 1. The maximum Gasteiger partial charge on any atom is 0.306 e. The molecular formula is C15H17ClO5. The minimum absolute atomic E-state index is 0.276. The van der Waals surface area contributed by atoms with Crippen LogP contribution in [0.4, 0.5) is 0 Å². The van der Waals surface area contributed by atoms with E-state index in [9.17, 15) is 9.59 Å². The number of hydrogen-bond acceptors (Lipinski definition) is 4. The van der Waals surface area contributed by atoms with E-state index in [1.807, 2.05) is 0 Å². The number of carboxylic acid groups (broad SMARTS) is 1. The SMILES string of the molecule is CC(C(=O)O)C(C)C(=O)c1cc(Cl)c2c(c1)OCCCO2. The van der Waals surface area contributed by atoms with Crippen LogP contribution in [-0.4, -0.2) is 30.1 Å². The van der Waals surface area contributed by atoms with Crippen LogP contribution in [0, 0.1) is 11.8 Å². The number of benzene rings is 1. The van der Waals surface area contributed by atoms with Crippen molar-refractivity contribution in [1.29, 1.82) is 0 Å². The first-order chi connectivity index (χ1) is 9.91. The fourth-order valence-corrected chi connectivity index (χ4v) is 2.34. The monoisotopic (exact) mass is 312 g/mol. The minimum atomic E-state index is -1.00. The van der Waals surface area contributed by atoms with Crippen molar-refractivity contribution in [1.82, 2.24) is 0 Å². The number of halogens is 1. The van der Waals surface area contributed by atoms with Crippen LogP contribution < -0.4 is 9.47 Å². The molecule has 0 fully saturated rings. The second-order valence-corrected chi connectivity index (χ2v) is 5.52. The molecule has 0 bridgehead atoms. The predicted molar refractivity (Wildman–Crippen MR) is 77.4 cm³/mol. The first kappa shape index (κ1) is 15.6. The molecule has 1 aliphatic rings. The largest absolute Gasteiger partial charge is 0.489 e. The molecule has 114 valence electrons. The second-order valence-electron chi connectivity index (χ2n) is 5.12. The molecule has 1 aliphatic heterocycles. The lowest BCUT2D eigenvalue weighted by Gasteiger charge is -2.16. The van der Waals surface area contributed by atoms with E-state index in [1.54, 1.807) is 13.0 Å². The van der Waals surface area contributed by atoms with E-state index in [1.165, 1.54) is 13.0 Å². The van der Waals surface area contributed by atoms with Crippen molar-refractivity contribution in [3.05, 3.63) is 22.7 Å². The molecule has 0 spiro atoms. The lowest BCUT2D eigenvalue weighted by Crippen LogP contribution is -2.25. The van der Waals surface area contributed by atoms with Crippen molar-refractivity contribution in [2.45, 2.75) is 20.3 Å². The summed E-state index contributed by atoms with van der Waals surface area (Å²) in [5.74, 6) is -1.84. The third kappa shape index (κ3) is 3.29. The molecule has 5 nitrogen and oxygen atoms in total. The molecule has 0 amide bonds. The van der Waals surface area contributed by atoms with Crippen LogP contribution in [0.3, 0.4) is 0 Å². The van der Waals surface area contributed by atoms with Gasteiger partial charge in [0.1, 0.15) is 0 Å². The maximum atomic E-state index is 12.4. The number of Topliss-reactive ketones (excluding diaryl/α,β-unsaturated/α-hetero) is 1. The number of carbonyl (C=O) groups excluding carboxylic acids is 1. The Morgan fingerprint density at radius 3 is 2.52 bits per heavy atom. The summed E-state index contributed by atoms with van der Waals surface area (Å²) in [6.45, 7) is 4.10. The van der Waals surface area contributed by atoms with Gasteiger partial charge in [-0.3, -0.25) is 9.59 Å². The van der Waals surface area contributed by atoms with Crippen molar-refractivity contribution in [3.8, 4) is 11.5 Å². The van der Waals surface area contributed by atoms with E-state index in [-0.39, 0.29) is 5.78 Å². The molecule has 1 aromatic rings. The summed E-state index contributed by atoms with van der Waals surface area (Å²) >= 11 is 6.14. The van der Waals surface area contributed by atoms with E-state index in [0.717, 1.165) is 6.42 Å². The van der Waals surface area contributed by atoms with Crippen LogP contribution >= 0.6 is 11.6 Å². The van der Waals surface area contributed by atoms with Crippen molar-refractivity contribution in [2.75, 3.05) is 13.2 Å². The number of hydrogen-bond donors (Lipinski definition) is 1. The Labute approximate surface area is 127 Å². The van der Waals surface area contributed by atoms with Crippen molar-refractivity contribution in [3.63, 3.8) is 0 Å². The number of rotatable bonds is 4. The average molecular weight is 313 g/mol. The Bertz CT molecular complexity index is 569. The molecule has 1 N–H and O–H groups in total. The molecule has 2 atom stereocenters. The van der Waals surface area contributed by atoms with Gasteiger partial charge in [-0.1, -0.05) is 25.4 Å². The summed E-state index contributed by atoms with van der Waals surface area (Å²) < 4.78 is 11.0. The highest BCUT2D eigenvalue weighted by atomic mass is 35.5. The van der Waals surface area contributed by atoms with Crippen molar-refractivity contribution < 1.29 is 24.2 Å². The zero-order valence-electron chi connectivity index (χ0n) is 11.9. The molecule has 21 heavy (non-hydrogen) atoms. The number of fused-ring (bicyclic) bond motifs is 1. The summed E-state index contributed by atoms with van der Waals surface area (Å²) in [5.41, 5.74) is 0.338. The van der Waals surface area contributed by atoms with Crippen LogP contribution in [0.15, 0.2) is 12.1 Å². The normalized spacial score (nSPS) is 16.7. The van der Waals surface area contributed by atoms with Crippen LogP contribution in [0.1, 0.15) is 30.6 Å². The molecule has 1 aromatic carbocycles. The molecular weight excluding hydrogens is 296 g/mol. The highest BCUT2D eigenvalue weighted by Gasteiger charge is 2.28. The summed E-state index contributed by atoms with van der Waals surface area (Å²) in [5, 5.41) is 9.31. The fraction of sp³-hybridized carbons (Fsp3) is 0.467. The molecule has 0 radical (unpaired) electrons. The molecule has 6 heteroatoms. The average Bonchev–Trinajstić information content (AvgIpc) is 2.70. The molecule has 0 aromatic heterocycles. The minimum Gasteiger partial charge on any atom is -0.489 e. The zero-order valence-corrected chi connectivity index (χ0v) is 12.6. The quantitative estimate of drug-likeness (QED) is 0.865. The van der Waals surface area contributed by atoms with Gasteiger partial charge < -0.3 is 14.6 Å². The Kier molecular flexibility index (Phi) is 4.73. The van der Waals surface area contributed by atoms with Crippen LogP contribution in [0.2, 0.25) is 5.02 Å². The maximum absolute atomic E-state index is 12.4. The Morgan fingerprint density at radius 2 is 1.86 bits per heavy atom. The van der Waals surface area contributed by atoms with Gasteiger partial charge in [0.15, 0.2) is 17.3 Å². The van der Waals surface area contributed by atoms with Crippen LogP contribution in [0.5, 0.6) is 11.5 Å². The van der Waals surface area contributed by atoms with E-state index in [4.69, 9.17) is 26.2 Å². The predicted octanol–water partition coefficient (Wildman–Crippen LogP) is 3.04. The summed E-state index contributed by atoms with van der Waals surface area (Å²) in [6, 6.07) is 3.07. The fourth-order valence-electron chi connectivity index (χ4n) is 2.08. The number of carboxylic acids is 1. The van der Waals surface area contributed by atoms with Gasteiger partial charge in [-0.15, -0.1) is 0 Å². The molecule has 2 rings (SSSR count). The van der Waals surface area contributed by atoms with Crippen LogP contribution in [-0.2, 0) is 4.79 Å². The summed E-state index contributed by atoms with van der Waals surface area (Å²) in [4.78, 5) is 23.4. The standard InChI is InChI=1S/C15H17ClO5/c1-8(9(2)15(18)19)13(17)10-6-11(16)14-12(7-10)20-4-3-5-21-14/h6-9H,3-5H2,1-2H3,(H,18,19). The van der Waals surface area contributed by atoms with Gasteiger partial charge >= 0.3 is 5.97 Å². The lowest BCUT2D eigenvalue weighted by molar-refractivity contribution is -0.142. The van der Waals surface area contributed by atoms with E-state index in [2.05, 4.69) is 0 Å². The zero-order chi connectivity index (χ0) is 15.6. The number of aliphatic carboxylic acids is 1. The smallest absolute Gasteiger partial charge is 0.306 e. The van der Waals surface area contributed by atoms with Gasteiger partial charge in [0, 0.05) is 17.9 Å². The van der Waals surface area contributed by atoms with Gasteiger partial charge in [0.25, 0.3) is 0 Å². The third-order valence-electron chi connectivity index (χ3n) is 3.64. The van der Waals surface area contributed by atoms with Gasteiger partial charge in [0.05, 0.1) is 24.2 Å². The summed E-state index contributed by atoms with van der Waals surface area (Å²) in [6.07, 6.45) is 0.737. The number of carbonyl (C=O) groups is 2. The van der Waals surface area contributed by atoms with E-state index in [0.29, 0.717) is 35.3 Å². The van der Waals surface area contributed by atoms with Gasteiger partial charge in [-0.2, -0.15) is 0 Å². The van der Waals surface area contributed by atoms with Crippen molar-refractivity contribution in [2.24, 2.45) is 11.8 Å². The lowest BCUT2D eigenvalue weighted by atomic mass is 9.88. The second kappa shape index (κ2) is 6.35. The molecule has 0 saturated heterocycles. The first-order valence-electron chi connectivity index (χ1n) is 6.78. The first-order valence-corrected chi connectivity index (χ1v) is 7.15. The topological polar surface area (TPSA) is 72.8 Å². The van der Waals surface area contributed by atoms with Gasteiger partial charge in [-0.25, -0.2) is 0 Å². The van der Waals surface area contributed by atoms with Gasteiger partial charge in [-0.05, 0) is 12.1 Å². The molecule has 2 unspecified atom stereocenters. The third-order valence-corrected chi connectivity index (χ3v) is 3.92. The summed E-state index contributed by atoms with van der Waals surface area (Å²) in [7, 11) is 0. The highest BCUT2D eigenvalue weighted by Crippen LogP contribution is 2.38. The Hall–Kier alpha value is -1.75. The Morgan fingerprint density at radius 1 is 1.19 bits per heavy atom. The molecule has 1 heterocycles. The highest BCUT2D eigenvalue weighted by molar-refractivity contribution is 6.32. The molecule has 0 aliphatic carbocycles. The van der Waals surface area contributed by atoms with E-state index < -0.39 is 17.8 Å². The number of ether oxygens (including phenoxy) is 2. The Balaban J connectivity index is 2.32. The van der Waals surface area contributed by atoms with Crippen molar-refractivity contribution >= 4 is 23.4 Å².